The molecule has 2 heteroatoms. The van der Waals surface area contributed by atoms with Gasteiger partial charge in [-0.1, -0.05) is 70.8 Å². The third-order valence-electron chi connectivity index (χ3n) is 2.44. The average Bonchev–Trinajstić information content (AvgIpc) is 2.50. The number of halogens is 2. The van der Waals surface area contributed by atoms with Gasteiger partial charge in [-0.05, 0) is 27.7 Å². The minimum absolute atomic E-state index is 0.500. The Hall–Kier alpha value is -1.70. The first kappa shape index (κ1) is 20.6. The van der Waals surface area contributed by atoms with E-state index in [9.17, 15) is 8.78 Å². The molecule has 2 aromatic carbocycles. The second kappa shape index (κ2) is 13.7. The summed E-state index contributed by atoms with van der Waals surface area (Å²) in [5, 5.41) is 0. The molecule has 0 aromatic heterocycles. The zero-order chi connectivity index (χ0) is 16.0. The van der Waals surface area contributed by atoms with Gasteiger partial charge >= 0.3 is 0 Å². The van der Waals surface area contributed by atoms with E-state index >= 15 is 0 Å². The quantitative estimate of drug-likeness (QED) is 0.574. The van der Waals surface area contributed by atoms with Gasteiger partial charge in [-0.15, -0.1) is 0 Å². The molecule has 0 saturated heterocycles. The van der Waals surface area contributed by atoms with Crippen molar-refractivity contribution in [3.05, 3.63) is 70.8 Å². The highest BCUT2D eigenvalue weighted by Crippen LogP contribution is 2.00. The van der Waals surface area contributed by atoms with Crippen molar-refractivity contribution in [1.82, 2.24) is 0 Å². The van der Waals surface area contributed by atoms with Gasteiger partial charge in [0.05, 0.1) is 14.4 Å². The van der Waals surface area contributed by atoms with Gasteiger partial charge in [-0.3, -0.25) is 8.78 Å². The first-order chi connectivity index (χ1) is 9.58. The van der Waals surface area contributed by atoms with Gasteiger partial charge in [0.15, 0.2) is 0 Å². The van der Waals surface area contributed by atoms with Crippen LogP contribution in [0.2, 0.25) is 0 Å². The maximum atomic E-state index is 9.50. The van der Waals surface area contributed by atoms with Crippen molar-refractivity contribution in [3.63, 3.8) is 0 Å². The second-order valence-electron chi connectivity index (χ2n) is 4.31. The molecule has 0 aliphatic carbocycles. The molecule has 0 atom stereocenters. The standard InChI is InChI=1S/2C8H10.2CH3F/c2*1-7-3-5-8(2)6-4-7;2*1-2/h2*3-6H,1-2H3;2*1H3. The lowest BCUT2D eigenvalue weighted by molar-refractivity contribution is 0.635. The fourth-order valence-electron chi connectivity index (χ4n) is 1.27. The lowest BCUT2D eigenvalue weighted by Gasteiger charge is -1.90. The van der Waals surface area contributed by atoms with Crippen LogP contribution >= 0.6 is 0 Å². The molecule has 0 aliphatic heterocycles. The predicted molar refractivity (Wildman–Crippen MR) is 85.9 cm³/mol. The summed E-state index contributed by atoms with van der Waals surface area (Å²) in [6.45, 7) is 8.39. The second-order valence-corrected chi connectivity index (χ2v) is 4.31. The number of alkyl halides is 2. The minimum atomic E-state index is 0.500. The van der Waals surface area contributed by atoms with E-state index in [1.807, 2.05) is 0 Å². The van der Waals surface area contributed by atoms with Gasteiger partial charge < -0.3 is 0 Å². The molecule has 0 heterocycles. The summed E-state index contributed by atoms with van der Waals surface area (Å²) in [6, 6.07) is 17.0. The lowest BCUT2D eigenvalue weighted by Crippen LogP contribution is -1.70. The molecule has 20 heavy (non-hydrogen) atoms. The Morgan fingerprint density at radius 3 is 0.600 bits per heavy atom. The van der Waals surface area contributed by atoms with Gasteiger partial charge in [0.2, 0.25) is 0 Å². The molecule has 0 N–H and O–H groups in total. The monoisotopic (exact) mass is 280 g/mol. The van der Waals surface area contributed by atoms with Crippen LogP contribution in [-0.4, -0.2) is 14.4 Å². The summed E-state index contributed by atoms with van der Waals surface area (Å²) in [6.07, 6.45) is 0. The number of rotatable bonds is 0. The molecule has 2 aromatic rings. The van der Waals surface area contributed by atoms with E-state index in [1.54, 1.807) is 0 Å². The van der Waals surface area contributed by atoms with Crippen molar-refractivity contribution >= 4 is 0 Å². The maximum absolute atomic E-state index is 9.50. The highest BCUT2D eigenvalue weighted by molar-refractivity contribution is 5.20. The highest BCUT2D eigenvalue weighted by Gasteiger charge is 1.80. The van der Waals surface area contributed by atoms with Crippen LogP contribution in [0.4, 0.5) is 8.78 Å². The van der Waals surface area contributed by atoms with Gasteiger partial charge in [-0.25, -0.2) is 0 Å². The SMILES string of the molecule is CF.CF.Cc1ccc(C)cc1.Cc1ccc(C)cc1. The zero-order valence-corrected chi connectivity index (χ0v) is 13.4. The molecule has 0 spiro atoms. The van der Waals surface area contributed by atoms with Crippen molar-refractivity contribution in [1.29, 1.82) is 0 Å². The molecule has 0 fully saturated rings. The molecule has 0 saturated carbocycles. The van der Waals surface area contributed by atoms with Crippen LogP contribution in [0.15, 0.2) is 48.5 Å². The van der Waals surface area contributed by atoms with Crippen molar-refractivity contribution in [2.24, 2.45) is 0 Å². The third kappa shape index (κ3) is 11.4. The Balaban J connectivity index is 0. The van der Waals surface area contributed by atoms with E-state index in [0.29, 0.717) is 14.4 Å². The van der Waals surface area contributed by atoms with Gasteiger partial charge in [-0.2, -0.15) is 0 Å². The Morgan fingerprint density at radius 2 is 0.500 bits per heavy atom. The van der Waals surface area contributed by atoms with Crippen LogP contribution in [0, 0.1) is 27.7 Å². The lowest BCUT2D eigenvalue weighted by atomic mass is 10.2. The van der Waals surface area contributed by atoms with Crippen molar-refractivity contribution in [3.8, 4) is 0 Å². The molecule has 2 rings (SSSR count). The van der Waals surface area contributed by atoms with E-state index in [0.717, 1.165) is 0 Å². The Morgan fingerprint density at radius 1 is 0.400 bits per heavy atom. The minimum Gasteiger partial charge on any atom is -0.255 e. The summed E-state index contributed by atoms with van der Waals surface area (Å²) >= 11 is 0. The van der Waals surface area contributed by atoms with Crippen LogP contribution in [0.1, 0.15) is 22.3 Å². The fraction of sp³-hybridized carbons (Fsp3) is 0.333. The summed E-state index contributed by atoms with van der Waals surface area (Å²) in [5.41, 5.74) is 5.32. The molecule has 0 radical (unpaired) electrons. The van der Waals surface area contributed by atoms with E-state index in [2.05, 4.69) is 76.2 Å². The first-order valence-electron chi connectivity index (χ1n) is 6.40. The van der Waals surface area contributed by atoms with Crippen LogP contribution in [-0.2, 0) is 0 Å². The molecular weight excluding hydrogens is 254 g/mol. The molecule has 0 nitrogen and oxygen atoms in total. The predicted octanol–water partition coefficient (Wildman–Crippen LogP) is 5.78. The number of aryl methyl sites for hydroxylation is 4. The number of hydrogen-bond donors (Lipinski definition) is 0. The van der Waals surface area contributed by atoms with Crippen molar-refractivity contribution < 1.29 is 8.78 Å². The number of hydrogen-bond acceptors (Lipinski definition) is 0. The topological polar surface area (TPSA) is 0 Å². The van der Waals surface area contributed by atoms with Gasteiger partial charge in [0.1, 0.15) is 0 Å². The molecule has 0 bridgehead atoms. The van der Waals surface area contributed by atoms with Crippen LogP contribution < -0.4 is 0 Å². The maximum Gasteiger partial charge on any atom is 0.0785 e. The van der Waals surface area contributed by atoms with E-state index in [-0.39, 0.29) is 0 Å². The summed E-state index contributed by atoms with van der Waals surface area (Å²) < 4.78 is 19.0. The van der Waals surface area contributed by atoms with E-state index in [1.165, 1.54) is 22.3 Å². The summed E-state index contributed by atoms with van der Waals surface area (Å²) in [4.78, 5) is 0. The molecule has 112 valence electrons. The average molecular weight is 280 g/mol. The Labute approximate surface area is 122 Å². The zero-order valence-electron chi connectivity index (χ0n) is 13.4. The molecule has 0 amide bonds. The van der Waals surface area contributed by atoms with E-state index < -0.39 is 0 Å². The van der Waals surface area contributed by atoms with E-state index in [4.69, 9.17) is 0 Å². The third-order valence-corrected chi connectivity index (χ3v) is 2.44. The first-order valence-corrected chi connectivity index (χ1v) is 6.40. The molecular formula is C18H26F2. The Kier molecular flexibility index (Phi) is 14.1. The van der Waals surface area contributed by atoms with Gasteiger partial charge in [0, 0.05) is 0 Å². The van der Waals surface area contributed by atoms with Crippen LogP contribution in [0.5, 0.6) is 0 Å². The summed E-state index contributed by atoms with van der Waals surface area (Å²) in [7, 11) is 1.00. The number of benzene rings is 2. The van der Waals surface area contributed by atoms with Crippen LogP contribution in [0.3, 0.4) is 0 Å². The van der Waals surface area contributed by atoms with Crippen LogP contribution in [0.25, 0.3) is 0 Å². The summed E-state index contributed by atoms with van der Waals surface area (Å²) in [5.74, 6) is 0. The highest BCUT2D eigenvalue weighted by atomic mass is 19.1. The van der Waals surface area contributed by atoms with Gasteiger partial charge in [0.25, 0.3) is 0 Å². The fourth-order valence-corrected chi connectivity index (χ4v) is 1.27. The molecule has 0 aliphatic rings. The normalized spacial score (nSPS) is 8.00. The molecule has 0 unspecified atom stereocenters. The Bertz CT molecular complexity index is 331. The largest absolute Gasteiger partial charge is 0.255 e. The smallest absolute Gasteiger partial charge is 0.0785 e. The van der Waals surface area contributed by atoms with Crippen molar-refractivity contribution in [2.45, 2.75) is 27.7 Å². The van der Waals surface area contributed by atoms with Crippen molar-refractivity contribution in [2.75, 3.05) is 14.4 Å².